The molecule has 0 atom stereocenters. The molecule has 1 fully saturated rings. The van der Waals surface area contributed by atoms with Gasteiger partial charge in [-0.15, -0.1) is 24.0 Å². The molecule has 8 nitrogen and oxygen atoms in total. The zero-order valence-corrected chi connectivity index (χ0v) is 20.9. The smallest absolute Gasteiger partial charge is 0.214 e. The summed E-state index contributed by atoms with van der Waals surface area (Å²) in [6, 6.07) is 10.1. The summed E-state index contributed by atoms with van der Waals surface area (Å²) in [5.74, 6) is 0.928. The topological polar surface area (TPSA) is 91.6 Å². The Morgan fingerprint density at radius 2 is 2.00 bits per heavy atom. The van der Waals surface area contributed by atoms with Gasteiger partial charge in [0.05, 0.1) is 23.7 Å². The number of benzene rings is 1. The third kappa shape index (κ3) is 6.17. The largest absolute Gasteiger partial charge is 0.357 e. The lowest BCUT2D eigenvalue weighted by Gasteiger charge is -2.17. The van der Waals surface area contributed by atoms with Crippen LogP contribution in [0.2, 0.25) is 0 Å². The van der Waals surface area contributed by atoms with Crippen LogP contribution in [0.1, 0.15) is 30.3 Å². The standard InChI is InChI=1S/C20H30N6O2S.HI/c1-4-21-20(22-10-12-25-11-7-13-29(25,27)28)23-15-18-8-5-6-9-19(18)26-17(3)14-16(2)24-26;/h5-6,8-9,14H,4,7,10-13,15H2,1-3H3,(H2,21,22,23);1H. The van der Waals surface area contributed by atoms with Gasteiger partial charge in [-0.25, -0.2) is 22.4 Å². The first kappa shape index (κ1) is 24.6. The second kappa shape index (κ2) is 11.1. The van der Waals surface area contributed by atoms with Gasteiger partial charge in [0.1, 0.15) is 0 Å². The Morgan fingerprint density at radius 1 is 1.23 bits per heavy atom. The van der Waals surface area contributed by atoms with Gasteiger partial charge in [-0.1, -0.05) is 18.2 Å². The van der Waals surface area contributed by atoms with Crippen molar-refractivity contribution in [3.05, 3.63) is 47.3 Å². The van der Waals surface area contributed by atoms with E-state index in [1.807, 2.05) is 43.7 Å². The van der Waals surface area contributed by atoms with Crippen molar-refractivity contribution in [1.29, 1.82) is 0 Å². The maximum absolute atomic E-state index is 11.9. The van der Waals surface area contributed by atoms with Crippen molar-refractivity contribution in [3.63, 3.8) is 0 Å². The summed E-state index contributed by atoms with van der Waals surface area (Å²) in [5.41, 5.74) is 4.14. The average Bonchev–Trinajstić information content (AvgIpc) is 3.20. The second-order valence-electron chi connectivity index (χ2n) is 7.16. The van der Waals surface area contributed by atoms with Gasteiger partial charge in [-0.3, -0.25) is 0 Å². The van der Waals surface area contributed by atoms with Gasteiger partial charge < -0.3 is 10.6 Å². The van der Waals surface area contributed by atoms with Crippen LogP contribution in [0.25, 0.3) is 5.69 Å². The number of guanidine groups is 1. The van der Waals surface area contributed by atoms with Gasteiger partial charge in [-0.05, 0) is 44.9 Å². The number of nitrogens with zero attached hydrogens (tertiary/aromatic N) is 4. The summed E-state index contributed by atoms with van der Waals surface area (Å²) in [6.45, 7) is 8.83. The van der Waals surface area contributed by atoms with Crippen LogP contribution in [0.15, 0.2) is 35.3 Å². The van der Waals surface area contributed by atoms with Crippen LogP contribution < -0.4 is 10.6 Å². The molecule has 30 heavy (non-hydrogen) atoms. The minimum absolute atomic E-state index is 0. The molecule has 0 spiro atoms. The SMILES string of the molecule is CCNC(=NCc1ccccc1-n1nc(C)cc1C)NCCN1CCCS1(=O)=O.I. The van der Waals surface area contributed by atoms with Crippen LogP contribution in [0.4, 0.5) is 0 Å². The number of sulfonamides is 1. The number of aryl methyl sites for hydroxylation is 2. The van der Waals surface area contributed by atoms with Gasteiger partial charge in [0.2, 0.25) is 10.0 Å². The minimum atomic E-state index is -3.07. The molecule has 2 aromatic rings. The fourth-order valence-corrected chi connectivity index (χ4v) is 5.00. The Labute approximate surface area is 196 Å². The lowest BCUT2D eigenvalue weighted by atomic mass is 10.2. The van der Waals surface area contributed by atoms with E-state index in [1.54, 1.807) is 4.31 Å². The van der Waals surface area contributed by atoms with Crippen molar-refractivity contribution in [2.75, 3.05) is 31.9 Å². The van der Waals surface area contributed by atoms with Crippen LogP contribution in [0, 0.1) is 13.8 Å². The maximum atomic E-state index is 11.9. The van der Waals surface area contributed by atoms with Gasteiger partial charge in [-0.2, -0.15) is 5.10 Å². The van der Waals surface area contributed by atoms with E-state index in [1.165, 1.54) is 0 Å². The number of hydrogen-bond acceptors (Lipinski definition) is 4. The number of aliphatic imine (C=N–C) groups is 1. The summed E-state index contributed by atoms with van der Waals surface area (Å²) in [5, 5.41) is 11.0. The molecule has 0 radical (unpaired) electrons. The Morgan fingerprint density at radius 3 is 2.63 bits per heavy atom. The molecule has 1 aliphatic rings. The zero-order chi connectivity index (χ0) is 20.9. The van der Waals surface area contributed by atoms with Gasteiger partial charge in [0.25, 0.3) is 0 Å². The monoisotopic (exact) mass is 546 g/mol. The molecule has 10 heteroatoms. The fraction of sp³-hybridized carbons (Fsp3) is 0.500. The lowest BCUT2D eigenvalue weighted by molar-refractivity contribution is 0.445. The highest BCUT2D eigenvalue weighted by atomic mass is 127. The summed E-state index contributed by atoms with van der Waals surface area (Å²) in [7, 11) is -3.07. The molecule has 0 amide bonds. The van der Waals surface area contributed by atoms with Crippen molar-refractivity contribution in [3.8, 4) is 5.69 Å². The van der Waals surface area contributed by atoms with Gasteiger partial charge >= 0.3 is 0 Å². The van der Waals surface area contributed by atoms with E-state index in [0.717, 1.165) is 29.2 Å². The Kier molecular flexibility index (Phi) is 9.10. The Hall–Kier alpha value is -1.66. The van der Waals surface area contributed by atoms with Crippen LogP contribution >= 0.6 is 24.0 Å². The maximum Gasteiger partial charge on any atom is 0.214 e. The quantitative estimate of drug-likeness (QED) is 0.316. The first-order valence-corrected chi connectivity index (χ1v) is 11.6. The van der Waals surface area contributed by atoms with Gasteiger partial charge in [0, 0.05) is 31.9 Å². The number of para-hydroxylation sites is 1. The molecule has 1 aromatic carbocycles. The molecule has 166 valence electrons. The first-order chi connectivity index (χ1) is 13.9. The first-order valence-electron chi connectivity index (χ1n) is 10.0. The average molecular weight is 546 g/mol. The molecule has 1 aromatic heterocycles. The van der Waals surface area contributed by atoms with Crippen LogP contribution in [-0.4, -0.2) is 60.4 Å². The molecular formula is C20H31IN6O2S. The van der Waals surface area contributed by atoms with E-state index in [2.05, 4.69) is 27.9 Å². The summed E-state index contributed by atoms with van der Waals surface area (Å²) in [6.07, 6.45) is 0.708. The van der Waals surface area contributed by atoms with Gasteiger partial charge in [0.15, 0.2) is 5.96 Å². The third-order valence-corrected chi connectivity index (χ3v) is 6.79. The summed E-state index contributed by atoms with van der Waals surface area (Å²) < 4.78 is 27.3. The highest BCUT2D eigenvalue weighted by molar-refractivity contribution is 14.0. The predicted molar refractivity (Wildman–Crippen MR) is 131 cm³/mol. The molecule has 1 aliphatic heterocycles. The van der Waals surface area contributed by atoms with Crippen molar-refractivity contribution in [2.24, 2.45) is 4.99 Å². The molecule has 0 saturated carbocycles. The molecule has 2 heterocycles. The van der Waals surface area contributed by atoms with Crippen molar-refractivity contribution in [2.45, 2.75) is 33.7 Å². The Balaban J connectivity index is 0.00000320. The molecule has 1 saturated heterocycles. The van der Waals surface area contributed by atoms with E-state index in [4.69, 9.17) is 4.99 Å². The van der Waals surface area contributed by atoms with E-state index in [9.17, 15) is 8.42 Å². The van der Waals surface area contributed by atoms with Crippen LogP contribution in [-0.2, 0) is 16.6 Å². The lowest BCUT2D eigenvalue weighted by Crippen LogP contribution is -2.42. The van der Waals surface area contributed by atoms with Crippen molar-refractivity contribution >= 4 is 40.0 Å². The number of halogens is 1. The fourth-order valence-electron chi connectivity index (χ4n) is 3.47. The number of hydrogen-bond donors (Lipinski definition) is 2. The highest BCUT2D eigenvalue weighted by Gasteiger charge is 2.27. The predicted octanol–water partition coefficient (Wildman–Crippen LogP) is 2.20. The number of rotatable bonds is 7. The molecule has 0 unspecified atom stereocenters. The molecule has 0 aliphatic carbocycles. The van der Waals surface area contributed by atoms with E-state index >= 15 is 0 Å². The van der Waals surface area contributed by atoms with Crippen LogP contribution in [0.5, 0.6) is 0 Å². The zero-order valence-electron chi connectivity index (χ0n) is 17.8. The second-order valence-corrected chi connectivity index (χ2v) is 9.25. The number of aromatic nitrogens is 2. The normalized spacial score (nSPS) is 16.3. The Bertz CT molecular complexity index is 973. The van der Waals surface area contributed by atoms with E-state index < -0.39 is 10.0 Å². The van der Waals surface area contributed by atoms with E-state index in [0.29, 0.717) is 38.6 Å². The highest BCUT2D eigenvalue weighted by Crippen LogP contribution is 2.18. The van der Waals surface area contributed by atoms with E-state index in [-0.39, 0.29) is 29.7 Å². The third-order valence-electron chi connectivity index (χ3n) is 4.84. The minimum Gasteiger partial charge on any atom is -0.357 e. The van der Waals surface area contributed by atoms with Crippen molar-refractivity contribution in [1.82, 2.24) is 24.7 Å². The molecular weight excluding hydrogens is 515 g/mol. The molecule has 2 N–H and O–H groups in total. The van der Waals surface area contributed by atoms with Crippen LogP contribution in [0.3, 0.4) is 0 Å². The molecule has 0 bridgehead atoms. The molecule has 3 rings (SSSR count). The summed E-state index contributed by atoms with van der Waals surface area (Å²) in [4.78, 5) is 4.69. The summed E-state index contributed by atoms with van der Waals surface area (Å²) >= 11 is 0. The number of nitrogens with one attached hydrogen (secondary N) is 2. The van der Waals surface area contributed by atoms with Crippen molar-refractivity contribution < 1.29 is 8.42 Å².